The molecule has 5 nitrogen and oxygen atoms in total. The first kappa shape index (κ1) is 16.6. The van der Waals surface area contributed by atoms with Gasteiger partial charge in [0.05, 0.1) is 5.69 Å². The molecule has 1 saturated heterocycles. The lowest BCUT2D eigenvalue weighted by molar-refractivity contribution is 0.0761. The first-order valence-electron chi connectivity index (χ1n) is 8.92. The molecule has 4 rings (SSSR count). The minimum absolute atomic E-state index is 0.0572. The van der Waals surface area contributed by atoms with Crippen molar-refractivity contribution < 1.29 is 9.32 Å². The molecule has 25 heavy (non-hydrogen) atoms. The van der Waals surface area contributed by atoms with E-state index in [9.17, 15) is 4.79 Å². The highest BCUT2D eigenvalue weighted by Gasteiger charge is 2.28. The van der Waals surface area contributed by atoms with Crippen LogP contribution in [0.2, 0.25) is 5.02 Å². The van der Waals surface area contributed by atoms with Crippen molar-refractivity contribution in [1.82, 2.24) is 15.0 Å². The number of carbonyl (C=O) groups excluding carboxylic acids is 1. The molecular weight excluding hydrogens is 338 g/mol. The number of nitrogens with zero attached hydrogens (tertiary/aromatic N) is 3. The first-order valence-corrected chi connectivity index (χ1v) is 9.29. The van der Waals surface area contributed by atoms with E-state index < -0.39 is 0 Å². The van der Waals surface area contributed by atoms with Crippen molar-refractivity contribution in [2.75, 3.05) is 26.2 Å². The fraction of sp³-hybridized carbons (Fsp3) is 0.474. The fourth-order valence-corrected chi connectivity index (χ4v) is 3.52. The van der Waals surface area contributed by atoms with Gasteiger partial charge in [-0.15, -0.1) is 0 Å². The Morgan fingerprint density at radius 1 is 1.20 bits per heavy atom. The van der Waals surface area contributed by atoms with Gasteiger partial charge in [0.25, 0.3) is 5.91 Å². The summed E-state index contributed by atoms with van der Waals surface area (Å²) in [5.41, 5.74) is 1.66. The van der Waals surface area contributed by atoms with Crippen LogP contribution >= 0.6 is 11.6 Å². The van der Waals surface area contributed by atoms with Gasteiger partial charge in [0.15, 0.2) is 0 Å². The summed E-state index contributed by atoms with van der Waals surface area (Å²) >= 11 is 6.01. The summed E-state index contributed by atoms with van der Waals surface area (Å²) < 4.78 is 5.44. The lowest BCUT2D eigenvalue weighted by atomic mass is 10.2. The van der Waals surface area contributed by atoms with E-state index in [2.05, 4.69) is 16.1 Å². The maximum atomic E-state index is 12.7. The van der Waals surface area contributed by atoms with Gasteiger partial charge >= 0.3 is 0 Å². The summed E-state index contributed by atoms with van der Waals surface area (Å²) in [5, 5.41) is 4.80. The molecule has 1 aromatic carbocycles. The Bertz CT molecular complexity index is 757. The van der Waals surface area contributed by atoms with Gasteiger partial charge in [-0.3, -0.25) is 9.69 Å². The van der Waals surface area contributed by atoms with Crippen LogP contribution in [0.25, 0.3) is 0 Å². The van der Waals surface area contributed by atoms with Crippen molar-refractivity contribution in [3.8, 4) is 0 Å². The van der Waals surface area contributed by atoms with Gasteiger partial charge in [-0.2, -0.15) is 0 Å². The molecule has 2 fully saturated rings. The van der Waals surface area contributed by atoms with Crippen molar-refractivity contribution in [2.45, 2.75) is 31.7 Å². The zero-order valence-corrected chi connectivity index (χ0v) is 14.9. The van der Waals surface area contributed by atoms with Crippen molar-refractivity contribution in [2.24, 2.45) is 0 Å². The van der Waals surface area contributed by atoms with Gasteiger partial charge < -0.3 is 9.42 Å². The third-order valence-corrected chi connectivity index (χ3v) is 5.12. The first-order chi connectivity index (χ1) is 12.2. The fourth-order valence-electron chi connectivity index (χ4n) is 3.33. The SMILES string of the molecule is O=C(c1cccc(Cl)c1)N1CCCN(Cc2cc(C3CC3)on2)CC1. The molecule has 0 radical (unpaired) electrons. The lowest BCUT2D eigenvalue weighted by Gasteiger charge is -2.21. The summed E-state index contributed by atoms with van der Waals surface area (Å²) in [6.45, 7) is 4.09. The zero-order chi connectivity index (χ0) is 17.2. The van der Waals surface area contributed by atoms with Gasteiger partial charge in [0.1, 0.15) is 5.76 Å². The number of aromatic nitrogens is 1. The molecule has 0 atom stereocenters. The predicted octanol–water partition coefficient (Wildman–Crippen LogP) is 3.55. The van der Waals surface area contributed by atoms with E-state index in [1.54, 1.807) is 12.1 Å². The Morgan fingerprint density at radius 2 is 2.08 bits per heavy atom. The van der Waals surface area contributed by atoms with Crippen molar-refractivity contribution in [1.29, 1.82) is 0 Å². The van der Waals surface area contributed by atoms with Crippen LogP contribution in [0.1, 0.15) is 47.0 Å². The Balaban J connectivity index is 1.35. The highest BCUT2D eigenvalue weighted by atomic mass is 35.5. The number of hydrogen-bond donors (Lipinski definition) is 0. The number of rotatable bonds is 4. The average Bonchev–Trinajstić information content (AvgIpc) is 3.39. The van der Waals surface area contributed by atoms with Crippen LogP contribution in [-0.4, -0.2) is 47.0 Å². The average molecular weight is 360 g/mol. The van der Waals surface area contributed by atoms with Gasteiger partial charge in [-0.25, -0.2) is 0 Å². The molecule has 1 aromatic heterocycles. The number of carbonyl (C=O) groups is 1. The highest BCUT2D eigenvalue weighted by molar-refractivity contribution is 6.30. The number of amides is 1. The Morgan fingerprint density at radius 3 is 2.88 bits per heavy atom. The third kappa shape index (κ3) is 4.05. The molecule has 2 aromatic rings. The molecule has 1 saturated carbocycles. The summed E-state index contributed by atoms with van der Waals surface area (Å²) in [4.78, 5) is 16.9. The largest absolute Gasteiger partial charge is 0.361 e. The quantitative estimate of drug-likeness (QED) is 0.837. The van der Waals surface area contributed by atoms with E-state index in [0.29, 0.717) is 16.5 Å². The van der Waals surface area contributed by atoms with Crippen LogP contribution in [-0.2, 0) is 6.54 Å². The highest BCUT2D eigenvalue weighted by Crippen LogP contribution is 2.40. The van der Waals surface area contributed by atoms with Crippen LogP contribution in [0.3, 0.4) is 0 Å². The van der Waals surface area contributed by atoms with Crippen molar-refractivity contribution in [3.05, 3.63) is 52.4 Å². The number of halogens is 1. The molecule has 132 valence electrons. The lowest BCUT2D eigenvalue weighted by Crippen LogP contribution is -2.35. The molecule has 2 aliphatic rings. The Labute approximate surface area is 152 Å². The molecule has 1 amide bonds. The van der Waals surface area contributed by atoms with E-state index >= 15 is 0 Å². The number of hydrogen-bond acceptors (Lipinski definition) is 4. The summed E-state index contributed by atoms with van der Waals surface area (Å²) in [7, 11) is 0. The number of benzene rings is 1. The van der Waals surface area contributed by atoms with E-state index in [-0.39, 0.29) is 5.91 Å². The van der Waals surface area contributed by atoms with Crippen molar-refractivity contribution in [3.63, 3.8) is 0 Å². The van der Waals surface area contributed by atoms with Gasteiger partial charge in [0.2, 0.25) is 0 Å². The van der Waals surface area contributed by atoms with Crippen LogP contribution in [0.5, 0.6) is 0 Å². The van der Waals surface area contributed by atoms with Crippen LogP contribution in [0.4, 0.5) is 0 Å². The second kappa shape index (κ2) is 7.18. The van der Waals surface area contributed by atoms with Crippen LogP contribution < -0.4 is 0 Å². The van der Waals surface area contributed by atoms with E-state index in [4.69, 9.17) is 16.1 Å². The molecule has 0 spiro atoms. The maximum Gasteiger partial charge on any atom is 0.253 e. The second-order valence-corrected chi connectivity index (χ2v) is 7.36. The Kier molecular flexibility index (Phi) is 4.77. The molecule has 1 aliphatic carbocycles. The van der Waals surface area contributed by atoms with Gasteiger partial charge in [-0.05, 0) is 37.5 Å². The van der Waals surface area contributed by atoms with E-state index in [0.717, 1.165) is 50.6 Å². The molecule has 0 bridgehead atoms. The van der Waals surface area contributed by atoms with E-state index in [1.807, 2.05) is 17.0 Å². The third-order valence-electron chi connectivity index (χ3n) is 4.89. The van der Waals surface area contributed by atoms with Crippen LogP contribution in [0, 0.1) is 0 Å². The Hall–Kier alpha value is -1.85. The summed E-state index contributed by atoms with van der Waals surface area (Å²) in [6, 6.07) is 9.27. The minimum atomic E-state index is 0.0572. The molecular formula is C19H22ClN3O2. The topological polar surface area (TPSA) is 49.6 Å². The standard InChI is InChI=1S/C19H22ClN3O2/c20-16-4-1-3-15(11-16)19(24)23-8-2-7-22(9-10-23)13-17-12-18(25-21-17)14-5-6-14/h1,3-4,11-12,14H,2,5-10,13H2. The predicted molar refractivity (Wildman–Crippen MR) is 95.7 cm³/mol. The van der Waals surface area contributed by atoms with Gasteiger partial charge in [-0.1, -0.05) is 22.8 Å². The summed E-state index contributed by atoms with van der Waals surface area (Å²) in [6.07, 6.45) is 3.40. The molecule has 0 N–H and O–H groups in total. The minimum Gasteiger partial charge on any atom is -0.361 e. The smallest absolute Gasteiger partial charge is 0.253 e. The van der Waals surface area contributed by atoms with E-state index in [1.165, 1.54) is 12.8 Å². The molecule has 0 unspecified atom stereocenters. The molecule has 2 heterocycles. The monoisotopic (exact) mass is 359 g/mol. The maximum absolute atomic E-state index is 12.7. The summed E-state index contributed by atoms with van der Waals surface area (Å²) in [5.74, 6) is 1.68. The molecule has 6 heteroatoms. The second-order valence-electron chi connectivity index (χ2n) is 6.93. The molecule has 1 aliphatic heterocycles. The zero-order valence-electron chi connectivity index (χ0n) is 14.2. The normalized spacial score (nSPS) is 19.0. The van der Waals surface area contributed by atoms with Gasteiger partial charge in [0, 0.05) is 55.3 Å². The van der Waals surface area contributed by atoms with Crippen LogP contribution in [0.15, 0.2) is 34.9 Å². The van der Waals surface area contributed by atoms with Crippen molar-refractivity contribution >= 4 is 17.5 Å².